The normalized spacial score (nSPS) is 16.5. The Morgan fingerprint density at radius 3 is 2.21 bits per heavy atom. The molecular weight excluding hydrogens is 458 g/mol. The fourth-order valence-electron chi connectivity index (χ4n) is 4.00. The Bertz CT molecular complexity index is 1450. The number of aryl methyl sites for hydroxylation is 2. The van der Waals surface area contributed by atoms with Gasteiger partial charge in [0.05, 0.1) is 22.9 Å². The summed E-state index contributed by atoms with van der Waals surface area (Å²) >= 11 is 0. The van der Waals surface area contributed by atoms with E-state index in [2.05, 4.69) is 9.82 Å². The van der Waals surface area contributed by atoms with Gasteiger partial charge in [-0.2, -0.15) is 17.9 Å². The molecule has 0 saturated heterocycles. The first-order chi connectivity index (χ1) is 15.6. The summed E-state index contributed by atoms with van der Waals surface area (Å²) < 4.78 is 54.4. The molecule has 0 amide bonds. The number of nitrogens with zero attached hydrogens (tertiary/aromatic N) is 2. The van der Waals surface area contributed by atoms with Crippen LogP contribution in [0.15, 0.2) is 82.8 Å². The van der Waals surface area contributed by atoms with Crippen LogP contribution < -0.4 is 4.72 Å². The number of hydrogen-bond donors (Lipinski definition) is 1. The zero-order valence-corrected chi connectivity index (χ0v) is 20.2. The fraction of sp³-hybridized carbons (Fsp3) is 0.208. The summed E-state index contributed by atoms with van der Waals surface area (Å²) in [4.78, 5) is 0.209. The van der Waals surface area contributed by atoms with Gasteiger partial charge >= 0.3 is 0 Å². The molecule has 3 aromatic rings. The fourth-order valence-corrected chi connectivity index (χ4v) is 6.21. The van der Waals surface area contributed by atoms with E-state index in [9.17, 15) is 16.8 Å². The van der Waals surface area contributed by atoms with Crippen molar-refractivity contribution in [3.05, 3.63) is 95.1 Å². The topological polar surface area (TPSA) is 95.9 Å². The second-order valence-corrected chi connectivity index (χ2v) is 11.6. The molecule has 0 aliphatic carbocycles. The lowest BCUT2D eigenvalue weighted by Crippen LogP contribution is -2.28. The molecule has 0 saturated carbocycles. The third-order valence-corrected chi connectivity index (χ3v) is 7.99. The van der Waals surface area contributed by atoms with Crippen LogP contribution in [0.1, 0.15) is 34.7 Å². The monoisotopic (exact) mass is 483 g/mol. The minimum atomic E-state index is -3.93. The molecule has 0 bridgehead atoms. The summed E-state index contributed by atoms with van der Waals surface area (Å²) in [5.41, 5.74) is 4.10. The van der Waals surface area contributed by atoms with E-state index in [1.54, 1.807) is 55.5 Å². The molecule has 1 atom stereocenters. The Balaban J connectivity index is 1.82. The first-order valence-corrected chi connectivity index (χ1v) is 13.7. The van der Waals surface area contributed by atoms with Crippen LogP contribution in [0.2, 0.25) is 0 Å². The number of anilines is 1. The Morgan fingerprint density at radius 2 is 1.55 bits per heavy atom. The van der Waals surface area contributed by atoms with Gasteiger partial charge in [-0.15, -0.1) is 0 Å². The largest absolute Gasteiger partial charge is 0.284 e. The molecule has 1 heterocycles. The van der Waals surface area contributed by atoms with Crippen LogP contribution in [-0.4, -0.2) is 33.2 Å². The van der Waals surface area contributed by atoms with E-state index in [1.165, 1.54) is 4.41 Å². The summed E-state index contributed by atoms with van der Waals surface area (Å²) in [5.74, 6) is 0. The lowest BCUT2D eigenvalue weighted by Gasteiger charge is -2.25. The highest BCUT2D eigenvalue weighted by atomic mass is 32.2. The van der Waals surface area contributed by atoms with Gasteiger partial charge in [-0.25, -0.2) is 8.42 Å². The minimum absolute atomic E-state index is 0.209. The van der Waals surface area contributed by atoms with Gasteiger partial charge in [-0.3, -0.25) is 4.72 Å². The number of rotatable bonds is 6. The van der Waals surface area contributed by atoms with Crippen molar-refractivity contribution in [2.45, 2.75) is 31.2 Å². The average Bonchev–Trinajstić information content (AvgIpc) is 3.19. The quantitative estimate of drug-likeness (QED) is 0.568. The Hall–Kier alpha value is -3.17. The Kier molecular flexibility index (Phi) is 6.02. The minimum Gasteiger partial charge on any atom is -0.284 e. The maximum absolute atomic E-state index is 13.7. The van der Waals surface area contributed by atoms with Gasteiger partial charge in [-0.1, -0.05) is 54.6 Å². The molecule has 1 aliphatic rings. The molecule has 0 spiro atoms. The average molecular weight is 484 g/mol. The van der Waals surface area contributed by atoms with E-state index in [1.807, 2.05) is 31.2 Å². The van der Waals surface area contributed by atoms with Gasteiger partial charge in [-0.05, 0) is 54.3 Å². The molecular formula is C24H25N3O4S2. The molecule has 1 N–H and O–H groups in total. The first kappa shape index (κ1) is 23.0. The van der Waals surface area contributed by atoms with E-state index in [0.29, 0.717) is 28.9 Å². The second kappa shape index (κ2) is 8.64. The molecule has 7 nitrogen and oxygen atoms in total. The standard InChI is InChI=1S/C24H25N3O4S2/c1-17-9-4-6-13-21(17)23-16-22(19-11-8-12-20(15-19)26-32(3,28)29)25-27(23)33(30,31)24-14-7-5-10-18(24)2/h4-15,23,26H,16H2,1-3H3/t23-/m1/s1. The summed E-state index contributed by atoms with van der Waals surface area (Å²) in [6, 6.07) is 20.8. The van der Waals surface area contributed by atoms with Crippen molar-refractivity contribution in [1.29, 1.82) is 0 Å². The molecule has 33 heavy (non-hydrogen) atoms. The van der Waals surface area contributed by atoms with Crippen molar-refractivity contribution < 1.29 is 16.8 Å². The molecule has 3 aromatic carbocycles. The molecule has 0 aromatic heterocycles. The molecule has 172 valence electrons. The highest BCUT2D eigenvalue weighted by Gasteiger charge is 2.38. The molecule has 9 heteroatoms. The van der Waals surface area contributed by atoms with Gasteiger partial charge in [0.1, 0.15) is 0 Å². The van der Waals surface area contributed by atoms with E-state index >= 15 is 0 Å². The van der Waals surface area contributed by atoms with E-state index in [-0.39, 0.29) is 4.90 Å². The third-order valence-electron chi connectivity index (χ3n) is 5.54. The molecule has 4 rings (SSSR count). The van der Waals surface area contributed by atoms with Crippen molar-refractivity contribution in [1.82, 2.24) is 4.41 Å². The van der Waals surface area contributed by atoms with Gasteiger partial charge in [0.2, 0.25) is 10.0 Å². The van der Waals surface area contributed by atoms with Crippen LogP contribution in [0.4, 0.5) is 5.69 Å². The lowest BCUT2D eigenvalue weighted by atomic mass is 9.96. The highest BCUT2D eigenvalue weighted by molar-refractivity contribution is 7.92. The van der Waals surface area contributed by atoms with Crippen LogP contribution in [-0.2, 0) is 20.0 Å². The van der Waals surface area contributed by atoms with Crippen LogP contribution >= 0.6 is 0 Å². The summed E-state index contributed by atoms with van der Waals surface area (Å²) in [5, 5.41) is 4.57. The lowest BCUT2D eigenvalue weighted by molar-refractivity contribution is 0.370. The van der Waals surface area contributed by atoms with Crippen molar-refractivity contribution in [3.8, 4) is 0 Å². The number of sulfonamides is 2. The van der Waals surface area contributed by atoms with E-state index in [4.69, 9.17) is 0 Å². The second-order valence-electron chi connectivity index (χ2n) is 8.12. The van der Waals surface area contributed by atoms with Crippen LogP contribution in [0, 0.1) is 13.8 Å². The summed E-state index contributed by atoms with van der Waals surface area (Å²) in [7, 11) is -7.38. The molecule has 1 aliphatic heterocycles. The summed E-state index contributed by atoms with van der Waals surface area (Å²) in [6.45, 7) is 3.71. The van der Waals surface area contributed by atoms with Crippen molar-refractivity contribution >= 4 is 31.4 Å². The van der Waals surface area contributed by atoms with Crippen LogP contribution in [0.5, 0.6) is 0 Å². The smallest absolute Gasteiger partial charge is 0.279 e. The van der Waals surface area contributed by atoms with Crippen LogP contribution in [0.25, 0.3) is 0 Å². The predicted octanol–water partition coefficient (Wildman–Crippen LogP) is 4.21. The number of hydrazone groups is 1. The zero-order valence-electron chi connectivity index (χ0n) is 18.6. The number of nitrogens with one attached hydrogen (secondary N) is 1. The van der Waals surface area contributed by atoms with Crippen molar-refractivity contribution in [2.75, 3.05) is 11.0 Å². The van der Waals surface area contributed by atoms with E-state index < -0.39 is 26.1 Å². The van der Waals surface area contributed by atoms with Gasteiger partial charge < -0.3 is 0 Å². The van der Waals surface area contributed by atoms with Gasteiger partial charge in [0, 0.05) is 12.1 Å². The Labute approximate surface area is 194 Å². The predicted molar refractivity (Wildman–Crippen MR) is 130 cm³/mol. The van der Waals surface area contributed by atoms with Gasteiger partial charge in [0.25, 0.3) is 10.0 Å². The number of benzene rings is 3. The SMILES string of the molecule is Cc1ccccc1[C@H]1CC(c2cccc(NS(C)(=O)=O)c2)=NN1S(=O)(=O)c1ccccc1C. The van der Waals surface area contributed by atoms with Crippen LogP contribution in [0.3, 0.4) is 0 Å². The molecule has 0 fully saturated rings. The highest BCUT2D eigenvalue weighted by Crippen LogP contribution is 2.39. The Morgan fingerprint density at radius 1 is 0.879 bits per heavy atom. The maximum atomic E-state index is 13.7. The van der Waals surface area contributed by atoms with E-state index in [0.717, 1.165) is 17.4 Å². The molecule has 0 radical (unpaired) electrons. The third kappa shape index (κ3) is 4.79. The maximum Gasteiger partial charge on any atom is 0.279 e. The van der Waals surface area contributed by atoms with Crippen molar-refractivity contribution in [2.24, 2.45) is 5.10 Å². The zero-order chi connectivity index (χ0) is 23.8. The van der Waals surface area contributed by atoms with Crippen molar-refractivity contribution in [3.63, 3.8) is 0 Å². The first-order valence-electron chi connectivity index (χ1n) is 10.4. The van der Waals surface area contributed by atoms with Gasteiger partial charge in [0.15, 0.2) is 0 Å². The molecule has 0 unspecified atom stereocenters. The number of hydrogen-bond acceptors (Lipinski definition) is 5. The summed E-state index contributed by atoms with van der Waals surface area (Å²) in [6.07, 6.45) is 1.44.